The van der Waals surface area contributed by atoms with Crippen LogP contribution in [-0.2, 0) is 12.7 Å². The molecule has 0 bridgehead atoms. The average Bonchev–Trinajstić information content (AvgIpc) is 2.85. The van der Waals surface area contributed by atoms with Crippen LogP contribution in [0.3, 0.4) is 0 Å². The van der Waals surface area contributed by atoms with Crippen molar-refractivity contribution >= 4 is 17.6 Å². The van der Waals surface area contributed by atoms with E-state index in [1.165, 1.54) is 12.1 Å². The van der Waals surface area contributed by atoms with Gasteiger partial charge in [0.25, 0.3) is 5.95 Å². The summed E-state index contributed by atoms with van der Waals surface area (Å²) < 4.78 is 122. The predicted octanol–water partition coefficient (Wildman–Crippen LogP) is 7.90. The van der Waals surface area contributed by atoms with Crippen molar-refractivity contribution in [1.82, 2.24) is 15.0 Å². The van der Waals surface area contributed by atoms with Gasteiger partial charge in [-0.2, -0.15) is 33.2 Å². The molecule has 1 heterocycles. The minimum atomic E-state index is -5.02. The van der Waals surface area contributed by atoms with Gasteiger partial charge in [0.15, 0.2) is 5.82 Å². The van der Waals surface area contributed by atoms with Gasteiger partial charge in [0.1, 0.15) is 23.2 Å². The van der Waals surface area contributed by atoms with Gasteiger partial charge in [0, 0.05) is 5.69 Å². The average molecular weight is 572 g/mol. The number of benzene rings is 3. The molecule has 0 unspecified atom stereocenters. The zero-order valence-electron chi connectivity index (χ0n) is 19.5. The third-order valence-corrected chi connectivity index (χ3v) is 4.91. The summed E-state index contributed by atoms with van der Waals surface area (Å²) in [6.45, 7) is -0.197. The molecule has 1 N–H and O–H groups in total. The van der Waals surface area contributed by atoms with Crippen LogP contribution in [0.4, 0.5) is 57.1 Å². The number of halogens is 9. The van der Waals surface area contributed by atoms with Crippen molar-refractivity contribution in [3.8, 4) is 17.1 Å². The van der Waals surface area contributed by atoms with E-state index in [0.29, 0.717) is 17.7 Å². The van der Waals surface area contributed by atoms with Gasteiger partial charge in [-0.15, -0.1) is 18.3 Å². The molecule has 0 fully saturated rings. The molecule has 4 aromatic rings. The molecule has 0 atom stereocenters. The Morgan fingerprint density at radius 2 is 1.45 bits per heavy atom. The largest absolute Gasteiger partial charge is 0.573 e. The zero-order valence-corrected chi connectivity index (χ0v) is 19.5. The fraction of sp³-hybridized carbons (Fsp3) is 0.125. The lowest BCUT2D eigenvalue weighted by Crippen LogP contribution is -2.16. The number of alkyl halides is 6. The van der Waals surface area contributed by atoms with Crippen molar-refractivity contribution in [2.75, 3.05) is 5.32 Å². The normalized spacial score (nSPS) is 12.1. The van der Waals surface area contributed by atoms with Crippen molar-refractivity contribution < 1.29 is 44.3 Å². The quantitative estimate of drug-likeness (QED) is 0.180. The molecular weight excluding hydrogens is 559 g/mol. The molecular formula is C24H13F9N6O. The number of hydrogen-bond donors (Lipinski definition) is 1. The van der Waals surface area contributed by atoms with Gasteiger partial charge in [0.05, 0.1) is 17.7 Å². The van der Waals surface area contributed by atoms with Crippen LogP contribution >= 0.6 is 0 Å². The first-order chi connectivity index (χ1) is 18.8. The fourth-order valence-electron chi connectivity index (χ4n) is 3.21. The predicted molar refractivity (Wildman–Crippen MR) is 121 cm³/mol. The number of azo groups is 1. The molecule has 0 aliphatic rings. The van der Waals surface area contributed by atoms with Gasteiger partial charge in [-0.25, -0.2) is 13.2 Å². The van der Waals surface area contributed by atoms with Crippen LogP contribution in [0.5, 0.6) is 5.75 Å². The van der Waals surface area contributed by atoms with Crippen molar-refractivity contribution in [2.45, 2.75) is 19.1 Å². The number of nitrogens with zero attached hydrogens (tertiary/aromatic N) is 5. The highest BCUT2D eigenvalue weighted by atomic mass is 19.4. The standard InChI is InChI=1S/C24H13F9N6O/c25-16-9-6-13(10-15(16)23(28,29)30)35-21-36-20(19-17(26)2-1-3-18(19)27)37-22(38-21)39-34-11-12-4-7-14(8-5-12)40-24(31,32)33/h1-10H,11H2,(H,35,36,37,38). The highest BCUT2D eigenvalue weighted by Crippen LogP contribution is 2.34. The lowest BCUT2D eigenvalue weighted by Gasteiger charge is -2.12. The second-order valence-electron chi connectivity index (χ2n) is 7.79. The topological polar surface area (TPSA) is 84.7 Å². The lowest BCUT2D eigenvalue weighted by molar-refractivity contribution is -0.274. The minimum Gasteiger partial charge on any atom is -0.406 e. The molecule has 3 aromatic carbocycles. The maximum atomic E-state index is 14.4. The van der Waals surface area contributed by atoms with Gasteiger partial charge >= 0.3 is 12.5 Å². The number of anilines is 2. The molecule has 0 saturated heterocycles. The molecule has 0 aliphatic heterocycles. The lowest BCUT2D eigenvalue weighted by atomic mass is 10.2. The van der Waals surface area contributed by atoms with Crippen molar-refractivity contribution in [3.63, 3.8) is 0 Å². The summed E-state index contributed by atoms with van der Waals surface area (Å²) in [5.41, 5.74) is -2.21. The summed E-state index contributed by atoms with van der Waals surface area (Å²) in [6, 6.07) is 9.48. The third kappa shape index (κ3) is 7.21. The Hall–Kier alpha value is -4.76. The molecule has 0 aliphatic carbocycles. The second kappa shape index (κ2) is 11.2. The molecule has 40 heavy (non-hydrogen) atoms. The first kappa shape index (κ1) is 28.3. The summed E-state index contributed by atoms with van der Waals surface area (Å²) in [7, 11) is 0. The number of hydrogen-bond acceptors (Lipinski definition) is 7. The molecule has 16 heteroatoms. The van der Waals surface area contributed by atoms with E-state index in [1.807, 2.05) is 0 Å². The molecule has 0 saturated carbocycles. The van der Waals surface area contributed by atoms with E-state index in [4.69, 9.17) is 0 Å². The minimum absolute atomic E-state index is 0.197. The van der Waals surface area contributed by atoms with Crippen LogP contribution in [0.25, 0.3) is 11.4 Å². The monoisotopic (exact) mass is 572 g/mol. The van der Waals surface area contributed by atoms with Gasteiger partial charge in [-0.1, -0.05) is 18.2 Å². The van der Waals surface area contributed by atoms with E-state index < -0.39 is 64.6 Å². The number of rotatable bonds is 7. The number of ether oxygens (including phenoxy) is 1. The number of aromatic nitrogens is 3. The molecule has 0 radical (unpaired) electrons. The van der Waals surface area contributed by atoms with Crippen LogP contribution in [-0.4, -0.2) is 21.3 Å². The SMILES string of the molecule is Fc1ccc(Nc2nc(N=NCc3ccc(OC(F)(F)F)cc3)nc(-c3c(F)cccc3F)n2)cc1C(F)(F)F. The van der Waals surface area contributed by atoms with Crippen LogP contribution in [0.1, 0.15) is 11.1 Å². The smallest absolute Gasteiger partial charge is 0.406 e. The fourth-order valence-corrected chi connectivity index (χ4v) is 3.21. The van der Waals surface area contributed by atoms with E-state index in [2.05, 4.69) is 35.2 Å². The van der Waals surface area contributed by atoms with Crippen molar-refractivity contribution in [2.24, 2.45) is 10.2 Å². The Balaban J connectivity index is 1.65. The van der Waals surface area contributed by atoms with Gasteiger partial charge in [-0.3, -0.25) is 0 Å². The summed E-state index contributed by atoms with van der Waals surface area (Å²) in [5, 5.41) is 9.91. The molecule has 7 nitrogen and oxygen atoms in total. The summed E-state index contributed by atoms with van der Waals surface area (Å²) in [5.74, 6) is -5.75. The summed E-state index contributed by atoms with van der Waals surface area (Å²) >= 11 is 0. The summed E-state index contributed by atoms with van der Waals surface area (Å²) in [4.78, 5) is 11.5. The molecule has 1 aromatic heterocycles. The van der Waals surface area contributed by atoms with Crippen LogP contribution in [0.15, 0.2) is 70.9 Å². The van der Waals surface area contributed by atoms with Crippen molar-refractivity contribution in [1.29, 1.82) is 0 Å². The zero-order chi connectivity index (χ0) is 29.1. The Morgan fingerprint density at radius 3 is 2.08 bits per heavy atom. The Kier molecular flexibility index (Phi) is 7.88. The van der Waals surface area contributed by atoms with E-state index in [-0.39, 0.29) is 12.2 Å². The number of nitrogens with one attached hydrogen (secondary N) is 1. The van der Waals surface area contributed by atoms with E-state index in [0.717, 1.165) is 36.4 Å². The first-order valence-electron chi connectivity index (χ1n) is 10.8. The molecule has 4 rings (SSSR count). The molecule has 208 valence electrons. The first-order valence-corrected chi connectivity index (χ1v) is 10.8. The van der Waals surface area contributed by atoms with Crippen molar-refractivity contribution in [3.05, 3.63) is 89.2 Å². The van der Waals surface area contributed by atoms with Crippen LogP contribution in [0, 0.1) is 17.5 Å². The molecule has 0 amide bonds. The van der Waals surface area contributed by atoms with Gasteiger partial charge in [-0.05, 0) is 48.0 Å². The maximum absolute atomic E-state index is 14.4. The highest BCUT2D eigenvalue weighted by molar-refractivity contribution is 5.62. The van der Waals surface area contributed by atoms with Crippen LogP contribution < -0.4 is 10.1 Å². The van der Waals surface area contributed by atoms with E-state index in [1.54, 1.807) is 0 Å². The molecule has 0 spiro atoms. The van der Waals surface area contributed by atoms with E-state index >= 15 is 0 Å². The second-order valence-corrected chi connectivity index (χ2v) is 7.79. The van der Waals surface area contributed by atoms with E-state index in [9.17, 15) is 39.5 Å². The Labute approximate surface area is 218 Å². The Morgan fingerprint density at radius 1 is 0.775 bits per heavy atom. The third-order valence-electron chi connectivity index (χ3n) is 4.91. The summed E-state index contributed by atoms with van der Waals surface area (Å²) in [6.07, 6.45) is -9.89. The van der Waals surface area contributed by atoms with Gasteiger partial charge < -0.3 is 10.1 Å². The Bertz CT molecular complexity index is 1520. The van der Waals surface area contributed by atoms with Gasteiger partial charge in [0.2, 0.25) is 5.95 Å². The highest BCUT2D eigenvalue weighted by Gasteiger charge is 2.34. The maximum Gasteiger partial charge on any atom is 0.573 e. The van der Waals surface area contributed by atoms with Crippen LogP contribution in [0.2, 0.25) is 0 Å².